The van der Waals surface area contributed by atoms with Gasteiger partial charge in [0, 0.05) is 16.2 Å². The molecule has 0 aliphatic heterocycles. The van der Waals surface area contributed by atoms with Crippen LogP contribution in [-0.4, -0.2) is 0 Å². The summed E-state index contributed by atoms with van der Waals surface area (Å²) in [5.41, 5.74) is 11.4. The van der Waals surface area contributed by atoms with Gasteiger partial charge in [-0.2, -0.15) is 0 Å². The normalized spacial score (nSPS) is 24.2. The van der Waals surface area contributed by atoms with Gasteiger partial charge in [-0.1, -0.05) is 232 Å². The van der Waals surface area contributed by atoms with Crippen molar-refractivity contribution in [1.29, 1.82) is 0 Å². The highest BCUT2D eigenvalue weighted by Gasteiger charge is 2.59. The van der Waals surface area contributed by atoms with Gasteiger partial charge in [-0.3, -0.25) is 0 Å². The highest BCUT2D eigenvalue weighted by Crippen LogP contribution is 2.67. The number of allylic oxidation sites excluding steroid dienone is 8. The second-order valence-corrected chi connectivity index (χ2v) is 16.4. The lowest BCUT2D eigenvalue weighted by Gasteiger charge is -2.60. The SMILES string of the molecule is CCCCCCCCCCC1(c2ccccc2)C(Cc2ccccc2)=C(c2ccccc2)C(Cc2ccccc2)=C(C2(C)C=CC=CC2C)C1(C)CC. The molecule has 0 saturated heterocycles. The van der Waals surface area contributed by atoms with Crippen LogP contribution in [0.2, 0.25) is 0 Å². The maximum atomic E-state index is 2.68. The van der Waals surface area contributed by atoms with E-state index in [1.54, 1.807) is 11.1 Å². The van der Waals surface area contributed by atoms with Crippen LogP contribution in [0.3, 0.4) is 0 Å². The monoisotopic (exact) mass is 701 g/mol. The fraction of sp³-hybridized carbons (Fsp3) is 0.396. The van der Waals surface area contributed by atoms with Gasteiger partial charge in [-0.05, 0) is 76.1 Å². The Morgan fingerprint density at radius 2 is 1.09 bits per heavy atom. The smallest absolute Gasteiger partial charge is 0.0265 e. The van der Waals surface area contributed by atoms with Crippen molar-refractivity contribution in [3.63, 3.8) is 0 Å². The lowest BCUT2D eigenvalue weighted by molar-refractivity contribution is 0.144. The first-order valence-corrected chi connectivity index (χ1v) is 20.9. The summed E-state index contributed by atoms with van der Waals surface area (Å²) in [6, 6.07) is 45.9. The molecule has 0 bridgehead atoms. The van der Waals surface area contributed by atoms with Crippen molar-refractivity contribution in [2.24, 2.45) is 16.7 Å². The Balaban J connectivity index is 1.69. The lowest BCUT2D eigenvalue weighted by Crippen LogP contribution is -2.53. The molecule has 6 rings (SSSR count). The molecular weight excluding hydrogens is 637 g/mol. The number of unbranched alkanes of at least 4 members (excludes halogenated alkanes) is 7. The molecule has 4 atom stereocenters. The topological polar surface area (TPSA) is 0 Å². The quantitative estimate of drug-likeness (QED) is 0.0962. The van der Waals surface area contributed by atoms with Gasteiger partial charge in [0.15, 0.2) is 0 Å². The predicted octanol–water partition coefficient (Wildman–Crippen LogP) is 14.9. The maximum absolute atomic E-state index is 2.68. The molecule has 0 heterocycles. The molecule has 0 radical (unpaired) electrons. The van der Waals surface area contributed by atoms with E-state index in [0.717, 1.165) is 25.7 Å². The van der Waals surface area contributed by atoms with Gasteiger partial charge in [-0.25, -0.2) is 0 Å². The van der Waals surface area contributed by atoms with Gasteiger partial charge in [0.25, 0.3) is 0 Å². The second-order valence-electron chi connectivity index (χ2n) is 16.4. The highest BCUT2D eigenvalue weighted by molar-refractivity contribution is 5.88. The zero-order chi connectivity index (χ0) is 37.2. The van der Waals surface area contributed by atoms with Crippen molar-refractivity contribution >= 4 is 5.57 Å². The molecule has 276 valence electrons. The first kappa shape index (κ1) is 38.6. The average Bonchev–Trinajstić information content (AvgIpc) is 3.19. The molecule has 0 spiro atoms. The van der Waals surface area contributed by atoms with E-state index in [4.69, 9.17) is 0 Å². The number of benzene rings is 4. The molecule has 0 heteroatoms. The standard InChI is InChI=1S/C53H64/c1-6-8-9-10-11-12-13-27-39-53(46-36-24-17-25-37-46)48(41-44-32-20-15-21-33-44)49(45-34-22-16-23-35-45)47(40-43-30-18-14-19-31-43)50(52(53,5)7-2)51(4)38-28-26-29-42(51)3/h14-26,28-38,42H,6-13,27,39-41H2,1-5H3. The molecule has 0 N–H and O–H groups in total. The van der Waals surface area contributed by atoms with Crippen molar-refractivity contribution in [2.45, 2.75) is 117 Å². The largest absolute Gasteiger partial charge is 0.0805 e. The average molecular weight is 701 g/mol. The highest BCUT2D eigenvalue weighted by atomic mass is 14.6. The summed E-state index contributed by atoms with van der Waals surface area (Å²) in [4.78, 5) is 0. The van der Waals surface area contributed by atoms with Crippen LogP contribution in [0.5, 0.6) is 0 Å². The zero-order valence-electron chi connectivity index (χ0n) is 33.4. The van der Waals surface area contributed by atoms with Crippen LogP contribution < -0.4 is 0 Å². The summed E-state index contributed by atoms with van der Waals surface area (Å²) >= 11 is 0. The van der Waals surface area contributed by atoms with Gasteiger partial charge in [0.05, 0.1) is 0 Å². The molecule has 0 aromatic heterocycles. The van der Waals surface area contributed by atoms with E-state index in [2.05, 4.69) is 180 Å². The minimum Gasteiger partial charge on any atom is -0.0805 e. The van der Waals surface area contributed by atoms with Gasteiger partial charge in [0.2, 0.25) is 0 Å². The van der Waals surface area contributed by atoms with E-state index in [1.165, 1.54) is 84.8 Å². The third-order valence-corrected chi connectivity index (χ3v) is 13.2. The van der Waals surface area contributed by atoms with Crippen molar-refractivity contribution in [3.8, 4) is 0 Å². The number of rotatable bonds is 17. The van der Waals surface area contributed by atoms with Gasteiger partial charge in [-0.15, -0.1) is 0 Å². The third-order valence-electron chi connectivity index (χ3n) is 13.2. The molecule has 0 amide bonds. The number of hydrogen-bond acceptors (Lipinski definition) is 0. The maximum Gasteiger partial charge on any atom is 0.0265 e. The lowest BCUT2D eigenvalue weighted by atomic mass is 9.42. The van der Waals surface area contributed by atoms with E-state index >= 15 is 0 Å². The van der Waals surface area contributed by atoms with Crippen LogP contribution in [-0.2, 0) is 18.3 Å². The van der Waals surface area contributed by atoms with Gasteiger partial charge < -0.3 is 0 Å². The Morgan fingerprint density at radius 3 is 1.66 bits per heavy atom. The Hall–Kier alpha value is -4.16. The van der Waals surface area contributed by atoms with Crippen LogP contribution in [0.1, 0.15) is 121 Å². The summed E-state index contributed by atoms with van der Waals surface area (Å²) in [7, 11) is 0. The van der Waals surface area contributed by atoms with E-state index in [1.807, 2.05) is 0 Å². The second kappa shape index (κ2) is 17.8. The molecule has 0 saturated carbocycles. The predicted molar refractivity (Wildman–Crippen MR) is 230 cm³/mol. The van der Waals surface area contributed by atoms with Gasteiger partial charge in [0.1, 0.15) is 0 Å². The van der Waals surface area contributed by atoms with Crippen LogP contribution >= 0.6 is 0 Å². The summed E-state index contributed by atoms with van der Waals surface area (Å²) in [6.07, 6.45) is 24.3. The molecule has 4 aromatic carbocycles. The summed E-state index contributed by atoms with van der Waals surface area (Å²) < 4.78 is 0. The van der Waals surface area contributed by atoms with Crippen LogP contribution in [0.15, 0.2) is 162 Å². The van der Waals surface area contributed by atoms with Crippen LogP contribution in [0.4, 0.5) is 0 Å². The van der Waals surface area contributed by atoms with Crippen molar-refractivity contribution in [1.82, 2.24) is 0 Å². The first-order valence-electron chi connectivity index (χ1n) is 20.9. The Bertz CT molecular complexity index is 1860. The Morgan fingerprint density at radius 1 is 0.566 bits per heavy atom. The zero-order valence-corrected chi connectivity index (χ0v) is 33.4. The van der Waals surface area contributed by atoms with Crippen LogP contribution in [0.25, 0.3) is 5.57 Å². The molecular formula is C53H64. The van der Waals surface area contributed by atoms with E-state index in [9.17, 15) is 0 Å². The molecule has 4 unspecified atom stereocenters. The Kier molecular flexibility index (Phi) is 12.9. The molecule has 0 nitrogen and oxygen atoms in total. The fourth-order valence-electron chi connectivity index (χ4n) is 10.2. The molecule has 4 aromatic rings. The molecule has 2 aliphatic rings. The van der Waals surface area contributed by atoms with E-state index in [-0.39, 0.29) is 16.2 Å². The summed E-state index contributed by atoms with van der Waals surface area (Å²) in [6.45, 7) is 12.5. The molecule has 53 heavy (non-hydrogen) atoms. The summed E-state index contributed by atoms with van der Waals surface area (Å²) in [5.74, 6) is 0.364. The van der Waals surface area contributed by atoms with E-state index in [0.29, 0.717) is 5.92 Å². The first-order chi connectivity index (χ1) is 25.9. The molecule has 2 aliphatic carbocycles. The van der Waals surface area contributed by atoms with E-state index < -0.39 is 0 Å². The minimum atomic E-state index is -0.209. The third kappa shape index (κ3) is 7.90. The van der Waals surface area contributed by atoms with Crippen molar-refractivity contribution < 1.29 is 0 Å². The minimum absolute atomic E-state index is 0.152. The number of hydrogen-bond donors (Lipinski definition) is 0. The van der Waals surface area contributed by atoms with Crippen molar-refractivity contribution in [3.05, 3.63) is 185 Å². The van der Waals surface area contributed by atoms with Crippen molar-refractivity contribution in [2.75, 3.05) is 0 Å². The Labute approximate surface area is 322 Å². The summed E-state index contributed by atoms with van der Waals surface area (Å²) in [5, 5.41) is 0. The fourth-order valence-corrected chi connectivity index (χ4v) is 10.2. The molecule has 0 fully saturated rings. The van der Waals surface area contributed by atoms with Gasteiger partial charge >= 0.3 is 0 Å². The van der Waals surface area contributed by atoms with Crippen LogP contribution in [0, 0.1) is 16.7 Å².